The van der Waals surface area contributed by atoms with E-state index in [9.17, 15) is 18.0 Å². The second-order valence-electron chi connectivity index (χ2n) is 6.88. The van der Waals surface area contributed by atoms with Gasteiger partial charge in [-0.05, 0) is 68.3 Å². The molecule has 1 atom stereocenters. The molecule has 7 nitrogen and oxygen atoms in total. The molecule has 1 fully saturated rings. The maximum Gasteiger partial charge on any atom is 0.255 e. The Kier molecular flexibility index (Phi) is 5.81. The molecule has 2 amide bonds. The van der Waals surface area contributed by atoms with Crippen LogP contribution in [0.4, 0.5) is 5.69 Å². The number of hydrogen-bond acceptors (Lipinski definition) is 4. The largest absolute Gasteiger partial charge is 0.366 e. The van der Waals surface area contributed by atoms with E-state index in [0.717, 1.165) is 19.3 Å². The number of rotatable bonds is 5. The van der Waals surface area contributed by atoms with Crippen LogP contribution >= 0.6 is 0 Å². The Morgan fingerprint density at radius 2 is 1.61 bits per heavy atom. The van der Waals surface area contributed by atoms with Crippen LogP contribution in [-0.4, -0.2) is 37.1 Å². The minimum atomic E-state index is -3.57. The van der Waals surface area contributed by atoms with Crippen LogP contribution < -0.4 is 11.1 Å². The zero-order valence-corrected chi connectivity index (χ0v) is 16.4. The van der Waals surface area contributed by atoms with Crippen LogP contribution in [0.2, 0.25) is 0 Å². The molecule has 0 aromatic heterocycles. The van der Waals surface area contributed by atoms with Gasteiger partial charge in [-0.3, -0.25) is 9.59 Å². The highest BCUT2D eigenvalue weighted by atomic mass is 32.2. The van der Waals surface area contributed by atoms with Gasteiger partial charge in [0.05, 0.1) is 4.90 Å². The van der Waals surface area contributed by atoms with E-state index in [4.69, 9.17) is 5.73 Å². The van der Waals surface area contributed by atoms with Gasteiger partial charge >= 0.3 is 0 Å². The third-order valence-electron chi connectivity index (χ3n) is 4.89. The first kappa shape index (κ1) is 20.0. The molecule has 8 heteroatoms. The quantitative estimate of drug-likeness (QED) is 0.802. The van der Waals surface area contributed by atoms with E-state index < -0.39 is 15.9 Å². The number of nitrogens with one attached hydrogen (secondary N) is 1. The molecule has 0 bridgehead atoms. The molecule has 2 aromatic rings. The summed E-state index contributed by atoms with van der Waals surface area (Å²) in [4.78, 5) is 23.7. The van der Waals surface area contributed by atoms with E-state index in [1.54, 1.807) is 12.1 Å². The number of nitrogens with zero attached hydrogens (tertiary/aromatic N) is 1. The normalized spacial score (nSPS) is 17.8. The van der Waals surface area contributed by atoms with Crippen LogP contribution in [0.15, 0.2) is 53.4 Å². The van der Waals surface area contributed by atoms with Gasteiger partial charge < -0.3 is 11.1 Å². The highest BCUT2D eigenvalue weighted by Gasteiger charge is 2.30. The fourth-order valence-corrected chi connectivity index (χ4v) is 4.96. The van der Waals surface area contributed by atoms with Gasteiger partial charge in [0.1, 0.15) is 0 Å². The van der Waals surface area contributed by atoms with Crippen LogP contribution in [0.3, 0.4) is 0 Å². The van der Waals surface area contributed by atoms with E-state index in [2.05, 4.69) is 5.32 Å². The first-order chi connectivity index (χ1) is 13.3. The van der Waals surface area contributed by atoms with Gasteiger partial charge in [-0.2, -0.15) is 4.31 Å². The maximum absolute atomic E-state index is 12.8. The summed E-state index contributed by atoms with van der Waals surface area (Å²) in [7, 11) is -3.57. The van der Waals surface area contributed by atoms with Gasteiger partial charge in [-0.15, -0.1) is 0 Å². The number of sulfonamides is 1. The van der Waals surface area contributed by atoms with Crippen molar-refractivity contribution < 1.29 is 18.0 Å². The van der Waals surface area contributed by atoms with Crippen LogP contribution in [0.5, 0.6) is 0 Å². The minimum absolute atomic E-state index is 0.0231. The molecule has 1 saturated heterocycles. The Hall–Kier alpha value is -2.71. The van der Waals surface area contributed by atoms with Crippen molar-refractivity contribution in [3.05, 3.63) is 59.7 Å². The Labute approximate surface area is 164 Å². The molecular weight excluding hydrogens is 378 g/mol. The van der Waals surface area contributed by atoms with Crippen molar-refractivity contribution in [3.8, 4) is 0 Å². The molecule has 0 aliphatic carbocycles. The highest BCUT2D eigenvalue weighted by Crippen LogP contribution is 2.25. The molecule has 1 aliphatic heterocycles. The van der Waals surface area contributed by atoms with E-state index >= 15 is 0 Å². The zero-order chi connectivity index (χ0) is 20.3. The second-order valence-corrected chi connectivity index (χ2v) is 8.77. The molecule has 0 radical (unpaired) electrons. The molecule has 2 aromatic carbocycles. The average molecular weight is 401 g/mol. The molecular formula is C20H23N3O4S. The van der Waals surface area contributed by atoms with E-state index in [1.807, 2.05) is 6.92 Å². The fraction of sp³-hybridized carbons (Fsp3) is 0.300. The van der Waals surface area contributed by atoms with Crippen LogP contribution in [0.1, 0.15) is 46.9 Å². The molecule has 1 aliphatic rings. The van der Waals surface area contributed by atoms with Crippen molar-refractivity contribution in [2.24, 2.45) is 5.73 Å². The fourth-order valence-electron chi connectivity index (χ4n) is 3.26. The summed E-state index contributed by atoms with van der Waals surface area (Å²) in [5.74, 6) is -0.917. The van der Waals surface area contributed by atoms with Crippen LogP contribution in [0.25, 0.3) is 0 Å². The molecule has 0 saturated carbocycles. The van der Waals surface area contributed by atoms with Crippen molar-refractivity contribution in [1.29, 1.82) is 0 Å². The summed E-state index contributed by atoms with van der Waals surface area (Å²) in [6, 6.07) is 12.1. The summed E-state index contributed by atoms with van der Waals surface area (Å²) in [5.41, 5.74) is 6.38. The lowest BCUT2D eigenvalue weighted by molar-refractivity contribution is 0.0998. The van der Waals surface area contributed by atoms with Crippen molar-refractivity contribution in [2.45, 2.75) is 37.1 Å². The molecule has 28 heavy (non-hydrogen) atoms. The van der Waals surface area contributed by atoms with Gasteiger partial charge in [0.25, 0.3) is 5.91 Å². The summed E-state index contributed by atoms with van der Waals surface area (Å²) < 4.78 is 27.2. The number of anilines is 1. The Bertz CT molecular complexity index is 970. The first-order valence-corrected chi connectivity index (χ1v) is 10.6. The third-order valence-corrected chi connectivity index (χ3v) is 6.92. The summed E-state index contributed by atoms with van der Waals surface area (Å²) >= 11 is 0. The molecule has 3 rings (SSSR count). The third kappa shape index (κ3) is 4.23. The molecule has 0 unspecified atom stereocenters. The molecule has 0 spiro atoms. The predicted molar refractivity (Wildman–Crippen MR) is 107 cm³/mol. The van der Waals surface area contributed by atoms with Gasteiger partial charge in [-0.25, -0.2) is 8.42 Å². The highest BCUT2D eigenvalue weighted by molar-refractivity contribution is 7.89. The number of carbonyl (C=O) groups excluding carboxylic acids is 2. The van der Waals surface area contributed by atoms with Gasteiger partial charge in [0.15, 0.2) is 0 Å². The number of primary amides is 1. The summed E-state index contributed by atoms with van der Waals surface area (Å²) in [6.45, 7) is 2.44. The number of carbonyl (C=O) groups is 2. The number of amides is 2. The summed E-state index contributed by atoms with van der Waals surface area (Å²) in [6.07, 6.45) is 2.75. The van der Waals surface area contributed by atoms with Crippen molar-refractivity contribution in [2.75, 3.05) is 11.9 Å². The SMILES string of the molecule is C[C@H]1CCCCN1S(=O)(=O)c1ccc(C(=O)Nc2ccc(C(N)=O)cc2)cc1. The molecule has 3 N–H and O–H groups in total. The smallest absolute Gasteiger partial charge is 0.255 e. The monoisotopic (exact) mass is 401 g/mol. The predicted octanol–water partition coefficient (Wildman–Crippen LogP) is 2.60. The number of hydrogen-bond donors (Lipinski definition) is 2. The Balaban J connectivity index is 1.72. The van der Waals surface area contributed by atoms with Gasteiger partial charge in [-0.1, -0.05) is 6.42 Å². The summed E-state index contributed by atoms with van der Waals surface area (Å²) in [5, 5.41) is 2.70. The van der Waals surface area contributed by atoms with Crippen LogP contribution in [-0.2, 0) is 10.0 Å². The lowest BCUT2D eigenvalue weighted by Crippen LogP contribution is -2.41. The van der Waals surface area contributed by atoms with E-state index in [0.29, 0.717) is 23.4 Å². The first-order valence-electron chi connectivity index (χ1n) is 9.12. The van der Waals surface area contributed by atoms with E-state index in [1.165, 1.54) is 40.7 Å². The minimum Gasteiger partial charge on any atom is -0.366 e. The lowest BCUT2D eigenvalue weighted by atomic mass is 10.1. The van der Waals surface area contributed by atoms with Crippen molar-refractivity contribution in [1.82, 2.24) is 4.31 Å². The molecule has 1 heterocycles. The van der Waals surface area contributed by atoms with Crippen LogP contribution in [0, 0.1) is 0 Å². The number of nitrogens with two attached hydrogens (primary N) is 1. The Morgan fingerprint density at radius 1 is 1.00 bits per heavy atom. The maximum atomic E-state index is 12.8. The Morgan fingerprint density at radius 3 is 2.18 bits per heavy atom. The van der Waals surface area contributed by atoms with Crippen molar-refractivity contribution >= 4 is 27.5 Å². The zero-order valence-electron chi connectivity index (χ0n) is 15.6. The standard InChI is InChI=1S/C20H23N3O4S/c1-14-4-2-3-13-23(14)28(26,27)18-11-7-16(8-12-18)20(25)22-17-9-5-15(6-10-17)19(21)24/h5-12,14H,2-4,13H2,1H3,(H2,21,24)(H,22,25)/t14-/m0/s1. The molecule has 148 valence electrons. The average Bonchev–Trinajstić information content (AvgIpc) is 2.68. The van der Waals surface area contributed by atoms with Crippen molar-refractivity contribution in [3.63, 3.8) is 0 Å². The van der Waals surface area contributed by atoms with E-state index in [-0.39, 0.29) is 16.8 Å². The van der Waals surface area contributed by atoms with Gasteiger partial charge in [0, 0.05) is 29.4 Å². The van der Waals surface area contributed by atoms with Gasteiger partial charge in [0.2, 0.25) is 15.9 Å². The number of benzene rings is 2. The topological polar surface area (TPSA) is 110 Å². The lowest BCUT2D eigenvalue weighted by Gasteiger charge is -2.32. The number of piperidine rings is 1. The second kappa shape index (κ2) is 8.12.